The highest BCUT2D eigenvalue weighted by Gasteiger charge is 2.30. The molecule has 1 aromatic heterocycles. The second-order valence-electron chi connectivity index (χ2n) is 6.08. The minimum absolute atomic E-state index is 0.0974. The third-order valence-corrected chi connectivity index (χ3v) is 6.11. The zero-order chi connectivity index (χ0) is 16.2. The van der Waals surface area contributed by atoms with Crippen LogP contribution in [0.5, 0.6) is 0 Å². The van der Waals surface area contributed by atoms with E-state index in [0.29, 0.717) is 5.69 Å². The Morgan fingerprint density at radius 2 is 2.00 bits per heavy atom. The Kier molecular flexibility index (Phi) is 5.61. The Bertz CT molecular complexity index is 601. The molecule has 1 N–H and O–H groups in total. The molecule has 0 aliphatic heterocycles. The molecule has 2 rings (SSSR count). The minimum atomic E-state index is -3.60. The van der Waals surface area contributed by atoms with Crippen LogP contribution in [0.4, 0.5) is 0 Å². The fraction of sp³-hybridized carbons (Fsp3) is 0.733. The lowest BCUT2D eigenvalue weighted by Gasteiger charge is -2.19. The summed E-state index contributed by atoms with van der Waals surface area (Å²) in [5.41, 5.74) is 0.626. The summed E-state index contributed by atoms with van der Waals surface area (Å²) in [7, 11) is -3.60. The van der Waals surface area contributed by atoms with Gasteiger partial charge in [0.1, 0.15) is 11.0 Å². The van der Waals surface area contributed by atoms with Crippen LogP contribution in [0.15, 0.2) is 10.6 Å². The molecule has 0 bridgehead atoms. The number of carbonyl (C=O) groups is 1. The number of rotatable bonds is 5. The lowest BCUT2D eigenvalue weighted by Crippen LogP contribution is -2.43. The number of sulfone groups is 1. The smallest absolute Gasteiger partial charge is 0.238 e. The molecule has 1 aliphatic rings. The Morgan fingerprint density at radius 1 is 1.36 bits per heavy atom. The fourth-order valence-electron chi connectivity index (χ4n) is 2.71. The van der Waals surface area contributed by atoms with Crippen molar-refractivity contribution in [1.82, 2.24) is 10.5 Å². The Morgan fingerprint density at radius 3 is 2.55 bits per heavy atom. The van der Waals surface area contributed by atoms with E-state index in [0.717, 1.165) is 25.7 Å². The van der Waals surface area contributed by atoms with Crippen LogP contribution in [0, 0.1) is 6.92 Å². The van der Waals surface area contributed by atoms with Crippen LogP contribution in [0.25, 0.3) is 0 Å². The summed E-state index contributed by atoms with van der Waals surface area (Å²) in [6.45, 7) is 3.16. The van der Waals surface area contributed by atoms with Crippen molar-refractivity contribution >= 4 is 15.7 Å². The van der Waals surface area contributed by atoms with Crippen LogP contribution in [0.3, 0.4) is 0 Å². The average molecular weight is 328 g/mol. The second-order valence-corrected chi connectivity index (χ2v) is 8.40. The van der Waals surface area contributed by atoms with Crippen molar-refractivity contribution in [2.75, 3.05) is 0 Å². The van der Waals surface area contributed by atoms with Gasteiger partial charge in [0.05, 0.1) is 5.69 Å². The van der Waals surface area contributed by atoms with Gasteiger partial charge in [0, 0.05) is 12.1 Å². The Hall–Kier alpha value is -1.37. The molecule has 0 unspecified atom stereocenters. The molecule has 0 aromatic carbocycles. The van der Waals surface area contributed by atoms with Crippen molar-refractivity contribution in [2.45, 2.75) is 69.4 Å². The molecule has 0 saturated heterocycles. The van der Waals surface area contributed by atoms with E-state index in [-0.39, 0.29) is 17.6 Å². The molecule has 1 fully saturated rings. The number of amides is 1. The van der Waals surface area contributed by atoms with E-state index in [1.165, 1.54) is 19.8 Å². The van der Waals surface area contributed by atoms with Gasteiger partial charge in [-0.2, -0.15) is 0 Å². The van der Waals surface area contributed by atoms with Crippen LogP contribution < -0.4 is 5.32 Å². The summed E-state index contributed by atoms with van der Waals surface area (Å²) in [6, 6.07) is 1.67. The molecule has 1 atom stereocenters. The lowest BCUT2D eigenvalue weighted by molar-refractivity contribution is -0.121. The van der Waals surface area contributed by atoms with E-state index in [9.17, 15) is 13.2 Å². The molecule has 1 saturated carbocycles. The predicted molar refractivity (Wildman–Crippen MR) is 83.0 cm³/mol. The summed E-state index contributed by atoms with van der Waals surface area (Å²) in [5.74, 6) is -0.442. The van der Waals surface area contributed by atoms with Crippen molar-refractivity contribution in [2.24, 2.45) is 0 Å². The summed E-state index contributed by atoms with van der Waals surface area (Å²) in [4.78, 5) is 12.2. The van der Waals surface area contributed by atoms with E-state index in [1.807, 2.05) is 0 Å². The van der Waals surface area contributed by atoms with Gasteiger partial charge >= 0.3 is 0 Å². The van der Waals surface area contributed by atoms with Gasteiger partial charge < -0.3 is 9.84 Å². The normalized spacial score (nSPS) is 18.6. The van der Waals surface area contributed by atoms with Crippen molar-refractivity contribution in [1.29, 1.82) is 0 Å². The van der Waals surface area contributed by atoms with E-state index in [1.54, 1.807) is 13.0 Å². The predicted octanol–water partition coefficient (Wildman–Crippen LogP) is 2.13. The summed E-state index contributed by atoms with van der Waals surface area (Å²) in [5, 5.41) is 5.48. The highest BCUT2D eigenvalue weighted by Crippen LogP contribution is 2.18. The summed E-state index contributed by atoms with van der Waals surface area (Å²) in [6.07, 6.45) is 6.41. The second kappa shape index (κ2) is 7.26. The number of nitrogens with one attached hydrogen (secondary N) is 1. The monoisotopic (exact) mass is 328 g/mol. The maximum atomic E-state index is 12.3. The third-order valence-electron chi connectivity index (χ3n) is 4.13. The van der Waals surface area contributed by atoms with Crippen LogP contribution in [-0.4, -0.2) is 30.8 Å². The van der Waals surface area contributed by atoms with Crippen molar-refractivity contribution in [3.63, 3.8) is 0 Å². The SMILES string of the molecule is Cc1cc(CS(=O)(=O)[C@@H](C)C(=O)NC2CCCCCC2)on1. The molecule has 0 radical (unpaired) electrons. The molecule has 1 heterocycles. The van der Waals surface area contributed by atoms with Gasteiger partial charge in [0.15, 0.2) is 15.6 Å². The van der Waals surface area contributed by atoms with Crippen molar-refractivity contribution in [3.8, 4) is 0 Å². The zero-order valence-electron chi connectivity index (χ0n) is 13.2. The summed E-state index contributed by atoms with van der Waals surface area (Å²) >= 11 is 0. The molecule has 0 spiro atoms. The van der Waals surface area contributed by atoms with Gasteiger partial charge in [-0.1, -0.05) is 30.8 Å². The van der Waals surface area contributed by atoms with E-state index in [2.05, 4.69) is 10.5 Å². The van der Waals surface area contributed by atoms with E-state index in [4.69, 9.17) is 4.52 Å². The first-order valence-electron chi connectivity index (χ1n) is 7.82. The lowest BCUT2D eigenvalue weighted by atomic mass is 10.1. The first kappa shape index (κ1) is 17.0. The van der Waals surface area contributed by atoms with E-state index < -0.39 is 21.0 Å². The van der Waals surface area contributed by atoms with Crippen LogP contribution in [-0.2, 0) is 20.4 Å². The number of nitrogens with zero attached hydrogens (tertiary/aromatic N) is 1. The van der Waals surface area contributed by atoms with Crippen molar-refractivity contribution in [3.05, 3.63) is 17.5 Å². The molecule has 6 nitrogen and oxygen atoms in total. The number of hydrogen-bond donors (Lipinski definition) is 1. The van der Waals surface area contributed by atoms with Crippen LogP contribution >= 0.6 is 0 Å². The van der Waals surface area contributed by atoms with Crippen LogP contribution in [0.2, 0.25) is 0 Å². The standard InChI is InChI=1S/C15H24N2O4S/c1-11-9-14(21-17-11)10-22(19,20)12(2)15(18)16-13-7-5-3-4-6-8-13/h9,12-13H,3-8,10H2,1-2H3,(H,16,18)/t12-/m0/s1. The average Bonchev–Trinajstić information content (AvgIpc) is 2.70. The molecule has 22 heavy (non-hydrogen) atoms. The molecule has 1 amide bonds. The Balaban J connectivity index is 1.95. The first-order valence-corrected chi connectivity index (χ1v) is 9.54. The molecular formula is C15H24N2O4S. The molecule has 124 valence electrons. The fourth-order valence-corrected chi connectivity index (χ4v) is 3.89. The topological polar surface area (TPSA) is 89.3 Å². The van der Waals surface area contributed by atoms with Gasteiger partial charge in [-0.25, -0.2) is 8.42 Å². The minimum Gasteiger partial charge on any atom is -0.360 e. The van der Waals surface area contributed by atoms with Crippen LogP contribution in [0.1, 0.15) is 56.9 Å². The van der Waals surface area contributed by atoms with Gasteiger partial charge in [-0.3, -0.25) is 4.79 Å². The maximum absolute atomic E-state index is 12.3. The molecular weight excluding hydrogens is 304 g/mol. The largest absolute Gasteiger partial charge is 0.360 e. The zero-order valence-corrected chi connectivity index (χ0v) is 14.0. The third kappa shape index (κ3) is 4.56. The van der Waals surface area contributed by atoms with Gasteiger partial charge in [0.25, 0.3) is 0 Å². The number of carbonyl (C=O) groups excluding carboxylic acids is 1. The number of aromatic nitrogens is 1. The van der Waals surface area contributed by atoms with Gasteiger partial charge in [0.2, 0.25) is 5.91 Å². The Labute approximate surface area is 131 Å². The quantitative estimate of drug-likeness (QED) is 0.836. The number of aryl methyl sites for hydroxylation is 1. The van der Waals surface area contributed by atoms with Gasteiger partial charge in [-0.15, -0.1) is 0 Å². The molecule has 7 heteroatoms. The maximum Gasteiger partial charge on any atom is 0.238 e. The van der Waals surface area contributed by atoms with Crippen molar-refractivity contribution < 1.29 is 17.7 Å². The summed E-state index contributed by atoms with van der Waals surface area (Å²) < 4.78 is 29.6. The molecule has 1 aromatic rings. The van der Waals surface area contributed by atoms with Gasteiger partial charge in [-0.05, 0) is 26.7 Å². The molecule has 1 aliphatic carbocycles. The first-order chi connectivity index (χ1) is 10.4. The highest BCUT2D eigenvalue weighted by molar-refractivity contribution is 7.92. The number of hydrogen-bond acceptors (Lipinski definition) is 5. The highest BCUT2D eigenvalue weighted by atomic mass is 32.2. The van der Waals surface area contributed by atoms with E-state index >= 15 is 0 Å².